The van der Waals surface area contributed by atoms with Gasteiger partial charge in [0.1, 0.15) is 11.3 Å². The second kappa shape index (κ2) is 4.86. The van der Waals surface area contributed by atoms with E-state index in [0.717, 1.165) is 6.20 Å². The zero-order valence-corrected chi connectivity index (χ0v) is 10.6. The van der Waals surface area contributed by atoms with E-state index >= 15 is 0 Å². The average Bonchev–Trinajstić information content (AvgIpc) is 3.00. The molecule has 0 aromatic carbocycles. The summed E-state index contributed by atoms with van der Waals surface area (Å²) in [6.07, 6.45) is 2.35. The Kier molecular flexibility index (Phi) is 3.40. The highest BCUT2D eigenvalue weighted by Gasteiger charge is 2.27. The van der Waals surface area contributed by atoms with Gasteiger partial charge in [0.2, 0.25) is 0 Å². The standard InChI is InChI=1S/C10H11N3O5S/c1-6(8-3-2-4-18-8)13-19(16,17)9-7(10(14)15)5-11-12-9/h2-6,13H,1H3,(H,11,12)(H,14,15). The number of carbonyl (C=O) groups is 1. The second-order valence-corrected chi connectivity index (χ2v) is 5.43. The van der Waals surface area contributed by atoms with E-state index in [4.69, 9.17) is 9.52 Å². The van der Waals surface area contributed by atoms with Gasteiger partial charge in [-0.15, -0.1) is 0 Å². The van der Waals surface area contributed by atoms with E-state index in [1.165, 1.54) is 6.26 Å². The number of aromatic nitrogens is 2. The molecule has 0 fully saturated rings. The molecule has 0 saturated heterocycles. The van der Waals surface area contributed by atoms with Crippen LogP contribution in [0.15, 0.2) is 34.0 Å². The first kappa shape index (κ1) is 13.3. The van der Waals surface area contributed by atoms with Gasteiger partial charge in [0.05, 0.1) is 18.5 Å². The summed E-state index contributed by atoms with van der Waals surface area (Å²) in [7, 11) is -4.03. The maximum atomic E-state index is 12.0. The molecule has 0 spiro atoms. The number of furan rings is 1. The Morgan fingerprint density at radius 2 is 2.32 bits per heavy atom. The molecular weight excluding hydrogens is 274 g/mol. The predicted octanol–water partition coefficient (Wildman–Crippen LogP) is 0.740. The Morgan fingerprint density at radius 3 is 2.89 bits per heavy atom. The molecule has 0 bridgehead atoms. The van der Waals surface area contributed by atoms with Crippen LogP contribution < -0.4 is 4.72 Å². The van der Waals surface area contributed by atoms with Crippen LogP contribution in [0.25, 0.3) is 0 Å². The van der Waals surface area contributed by atoms with Gasteiger partial charge in [-0.2, -0.15) is 9.82 Å². The minimum atomic E-state index is -4.03. The Labute approximate surface area is 108 Å². The molecular formula is C10H11N3O5S. The van der Waals surface area contributed by atoms with Crippen molar-refractivity contribution in [3.05, 3.63) is 35.9 Å². The Hall–Kier alpha value is -2.13. The Morgan fingerprint density at radius 1 is 1.58 bits per heavy atom. The summed E-state index contributed by atoms with van der Waals surface area (Å²) in [4.78, 5) is 10.9. The molecule has 3 N–H and O–H groups in total. The number of nitrogens with one attached hydrogen (secondary N) is 2. The molecule has 0 saturated carbocycles. The van der Waals surface area contributed by atoms with Crippen molar-refractivity contribution in [2.24, 2.45) is 0 Å². The Bertz CT molecular complexity index is 674. The van der Waals surface area contributed by atoms with Gasteiger partial charge < -0.3 is 9.52 Å². The minimum Gasteiger partial charge on any atom is -0.478 e. The first-order chi connectivity index (χ1) is 8.92. The number of aromatic amines is 1. The number of sulfonamides is 1. The Balaban J connectivity index is 2.28. The first-order valence-corrected chi connectivity index (χ1v) is 6.72. The van der Waals surface area contributed by atoms with Crippen LogP contribution in [0.2, 0.25) is 0 Å². The molecule has 0 aliphatic carbocycles. The van der Waals surface area contributed by atoms with Crippen molar-refractivity contribution < 1.29 is 22.7 Å². The summed E-state index contributed by atoms with van der Waals surface area (Å²) in [5, 5.41) is 14.0. The number of hydrogen-bond acceptors (Lipinski definition) is 5. The van der Waals surface area contributed by atoms with E-state index in [2.05, 4.69) is 14.9 Å². The number of rotatable bonds is 5. The first-order valence-electron chi connectivity index (χ1n) is 5.24. The fourth-order valence-electron chi connectivity index (χ4n) is 1.52. The smallest absolute Gasteiger partial charge is 0.340 e. The molecule has 0 aliphatic rings. The highest BCUT2D eigenvalue weighted by atomic mass is 32.2. The second-order valence-electron chi connectivity index (χ2n) is 3.78. The third-order valence-electron chi connectivity index (χ3n) is 2.41. The average molecular weight is 285 g/mol. The normalized spacial score (nSPS) is 13.3. The van der Waals surface area contributed by atoms with Gasteiger partial charge in [-0.25, -0.2) is 13.2 Å². The van der Waals surface area contributed by atoms with Crippen LogP contribution in [0.1, 0.15) is 29.1 Å². The maximum absolute atomic E-state index is 12.0. The van der Waals surface area contributed by atoms with Crippen molar-refractivity contribution in [2.75, 3.05) is 0 Å². The molecule has 0 aliphatic heterocycles. The van der Waals surface area contributed by atoms with Crippen LogP contribution >= 0.6 is 0 Å². The zero-order valence-electron chi connectivity index (χ0n) is 9.82. The van der Waals surface area contributed by atoms with E-state index in [-0.39, 0.29) is 0 Å². The lowest BCUT2D eigenvalue weighted by molar-refractivity contribution is 0.0692. The summed E-state index contributed by atoms with van der Waals surface area (Å²) < 4.78 is 31.4. The van der Waals surface area contributed by atoms with Gasteiger partial charge in [-0.3, -0.25) is 5.10 Å². The minimum absolute atomic E-state index is 0.417. The van der Waals surface area contributed by atoms with Crippen LogP contribution in [0.4, 0.5) is 0 Å². The van der Waals surface area contributed by atoms with Gasteiger partial charge in [0.15, 0.2) is 5.03 Å². The molecule has 8 nitrogen and oxygen atoms in total. The van der Waals surface area contributed by atoms with Crippen LogP contribution in [0, 0.1) is 0 Å². The van der Waals surface area contributed by atoms with Crippen molar-refractivity contribution >= 4 is 16.0 Å². The van der Waals surface area contributed by atoms with Crippen molar-refractivity contribution in [2.45, 2.75) is 18.0 Å². The van der Waals surface area contributed by atoms with Gasteiger partial charge in [-0.1, -0.05) is 0 Å². The summed E-state index contributed by atoms with van der Waals surface area (Å²) >= 11 is 0. The fourth-order valence-corrected chi connectivity index (χ4v) is 2.82. The predicted molar refractivity (Wildman–Crippen MR) is 63.0 cm³/mol. The summed E-state index contributed by atoms with van der Waals surface area (Å²) in [5.74, 6) is -0.959. The number of nitrogens with zero attached hydrogens (tertiary/aromatic N) is 1. The van der Waals surface area contributed by atoms with Crippen LogP contribution in [0.3, 0.4) is 0 Å². The number of hydrogen-bond donors (Lipinski definition) is 3. The lowest BCUT2D eigenvalue weighted by atomic mass is 10.3. The van der Waals surface area contributed by atoms with Crippen LogP contribution in [0.5, 0.6) is 0 Å². The molecule has 102 valence electrons. The molecule has 1 atom stereocenters. The third kappa shape index (κ3) is 2.66. The maximum Gasteiger partial charge on any atom is 0.340 e. The zero-order chi connectivity index (χ0) is 14.0. The largest absolute Gasteiger partial charge is 0.478 e. The van der Waals surface area contributed by atoms with Crippen molar-refractivity contribution in [1.29, 1.82) is 0 Å². The lowest BCUT2D eigenvalue weighted by Gasteiger charge is -2.11. The van der Waals surface area contributed by atoms with E-state index in [1.54, 1.807) is 19.1 Å². The topological polar surface area (TPSA) is 125 Å². The van der Waals surface area contributed by atoms with Crippen LogP contribution in [-0.2, 0) is 10.0 Å². The van der Waals surface area contributed by atoms with Gasteiger partial charge in [-0.05, 0) is 19.1 Å². The number of aromatic carboxylic acids is 1. The molecule has 0 radical (unpaired) electrons. The summed E-state index contributed by atoms with van der Waals surface area (Å²) in [5.41, 5.74) is -0.417. The fraction of sp³-hybridized carbons (Fsp3) is 0.200. The van der Waals surface area contributed by atoms with Crippen molar-refractivity contribution in [3.8, 4) is 0 Å². The van der Waals surface area contributed by atoms with E-state index in [0.29, 0.717) is 5.76 Å². The SMILES string of the molecule is CC(NS(=O)(=O)c1[nH]ncc1C(=O)O)c1ccco1. The molecule has 9 heteroatoms. The van der Waals surface area contributed by atoms with E-state index < -0.39 is 32.6 Å². The van der Waals surface area contributed by atoms with Crippen molar-refractivity contribution in [1.82, 2.24) is 14.9 Å². The number of carboxylic acids is 1. The third-order valence-corrected chi connectivity index (χ3v) is 3.92. The van der Waals surface area contributed by atoms with Gasteiger partial charge in [0, 0.05) is 0 Å². The van der Waals surface area contributed by atoms with Gasteiger partial charge in [0.25, 0.3) is 10.0 Å². The molecule has 2 heterocycles. The molecule has 19 heavy (non-hydrogen) atoms. The summed E-state index contributed by atoms with van der Waals surface area (Å²) in [6.45, 7) is 1.58. The highest BCUT2D eigenvalue weighted by molar-refractivity contribution is 7.89. The lowest BCUT2D eigenvalue weighted by Crippen LogP contribution is -2.28. The monoisotopic (exact) mass is 285 g/mol. The highest BCUT2D eigenvalue weighted by Crippen LogP contribution is 2.18. The molecule has 1 unspecified atom stereocenters. The molecule has 2 aromatic heterocycles. The van der Waals surface area contributed by atoms with Gasteiger partial charge >= 0.3 is 5.97 Å². The molecule has 0 amide bonds. The van der Waals surface area contributed by atoms with E-state index in [1.807, 2.05) is 0 Å². The van der Waals surface area contributed by atoms with Crippen LogP contribution in [-0.4, -0.2) is 29.7 Å². The number of carboxylic acid groups (broad SMARTS) is 1. The number of H-pyrrole nitrogens is 1. The molecule has 2 aromatic rings. The quantitative estimate of drug-likeness (QED) is 0.744. The summed E-state index contributed by atoms with van der Waals surface area (Å²) in [6, 6.07) is 2.60. The van der Waals surface area contributed by atoms with E-state index in [9.17, 15) is 13.2 Å². The molecule has 2 rings (SSSR count). The van der Waals surface area contributed by atoms with Crippen molar-refractivity contribution in [3.63, 3.8) is 0 Å².